The fourth-order valence-electron chi connectivity index (χ4n) is 1.35. The lowest BCUT2D eigenvalue weighted by Gasteiger charge is -2.39. The first-order valence-electron chi connectivity index (χ1n) is 6.45. The summed E-state index contributed by atoms with van der Waals surface area (Å²) in [5.41, 5.74) is -7.91. The molecular formula is C12H11F11O4. The Bertz CT molecular complexity index is 539. The van der Waals surface area contributed by atoms with Gasteiger partial charge in [-0.3, -0.25) is 0 Å². The SMILES string of the molecule is C=C(C)C(=O)OCC(O)COC(F)(F)C(F)(F)C(F)(C(F)(F)F)C(F)(F)F. The van der Waals surface area contributed by atoms with Crippen LogP contribution in [0.25, 0.3) is 0 Å². The number of ether oxygens (including phenoxy) is 2. The number of halogens is 11. The van der Waals surface area contributed by atoms with E-state index < -0.39 is 55.3 Å². The minimum absolute atomic E-state index is 0.252. The lowest BCUT2D eigenvalue weighted by atomic mass is 9.95. The van der Waals surface area contributed by atoms with Crippen molar-refractivity contribution in [2.24, 2.45) is 0 Å². The van der Waals surface area contributed by atoms with E-state index in [0.29, 0.717) is 0 Å². The molecule has 1 unspecified atom stereocenters. The number of aliphatic hydroxyl groups excluding tert-OH is 1. The number of rotatable bonds is 8. The summed E-state index contributed by atoms with van der Waals surface area (Å²) in [5, 5.41) is 9.08. The quantitative estimate of drug-likeness (QED) is 0.365. The van der Waals surface area contributed by atoms with Gasteiger partial charge in [0.15, 0.2) is 0 Å². The lowest BCUT2D eigenvalue weighted by Crippen LogP contribution is -2.70. The molecule has 0 aliphatic rings. The van der Waals surface area contributed by atoms with Gasteiger partial charge in [0.25, 0.3) is 0 Å². The Morgan fingerprint density at radius 3 is 1.67 bits per heavy atom. The number of alkyl halides is 11. The lowest BCUT2D eigenvalue weighted by molar-refractivity contribution is -0.463. The number of aliphatic hydroxyl groups is 1. The molecule has 0 fully saturated rings. The van der Waals surface area contributed by atoms with Crippen molar-refractivity contribution in [1.29, 1.82) is 0 Å². The first-order chi connectivity index (χ1) is 11.7. The van der Waals surface area contributed by atoms with Crippen LogP contribution in [0, 0.1) is 0 Å². The van der Waals surface area contributed by atoms with Crippen LogP contribution >= 0.6 is 0 Å². The molecular weight excluding hydrogens is 417 g/mol. The third-order valence-electron chi connectivity index (χ3n) is 2.79. The standard InChI is InChI=1S/C12H11F11O4/c1-5(2)7(25)26-3-6(24)4-27-12(22,23)9(14,15)8(13,10(16,17)18)11(19,20)21/h6,24H,1,3-4H2,2H3. The fraction of sp³-hybridized carbons (Fsp3) is 0.750. The maximum absolute atomic E-state index is 13.2. The summed E-state index contributed by atoms with van der Waals surface area (Å²) in [6, 6.07) is 0. The van der Waals surface area contributed by atoms with Gasteiger partial charge in [0.2, 0.25) is 0 Å². The van der Waals surface area contributed by atoms with Crippen LogP contribution in [0.1, 0.15) is 6.92 Å². The summed E-state index contributed by atoms with van der Waals surface area (Å²) in [5.74, 6) is -8.66. The summed E-state index contributed by atoms with van der Waals surface area (Å²) in [6.07, 6.45) is -24.0. The molecule has 0 aliphatic carbocycles. The maximum atomic E-state index is 13.2. The van der Waals surface area contributed by atoms with Crippen molar-refractivity contribution in [3.63, 3.8) is 0 Å². The van der Waals surface area contributed by atoms with Gasteiger partial charge < -0.3 is 14.6 Å². The number of carbonyl (C=O) groups is 1. The predicted molar refractivity (Wildman–Crippen MR) is 63.6 cm³/mol. The van der Waals surface area contributed by atoms with Crippen LogP contribution in [0.5, 0.6) is 0 Å². The molecule has 15 heteroatoms. The van der Waals surface area contributed by atoms with Crippen molar-refractivity contribution in [1.82, 2.24) is 0 Å². The third-order valence-corrected chi connectivity index (χ3v) is 2.79. The Labute approximate surface area is 143 Å². The zero-order chi connectivity index (χ0) is 22.1. The molecule has 0 rings (SSSR count). The molecule has 0 heterocycles. The largest absolute Gasteiger partial charge is 0.460 e. The van der Waals surface area contributed by atoms with E-state index in [1.54, 1.807) is 0 Å². The normalized spacial score (nSPS) is 15.4. The van der Waals surface area contributed by atoms with Gasteiger partial charge in [-0.05, 0) is 6.92 Å². The van der Waals surface area contributed by atoms with E-state index >= 15 is 0 Å². The Morgan fingerprint density at radius 2 is 1.33 bits per heavy atom. The highest BCUT2D eigenvalue weighted by Crippen LogP contribution is 2.59. The van der Waals surface area contributed by atoms with Crippen LogP contribution in [0.2, 0.25) is 0 Å². The van der Waals surface area contributed by atoms with Crippen LogP contribution in [0.3, 0.4) is 0 Å². The van der Waals surface area contributed by atoms with E-state index in [-0.39, 0.29) is 5.57 Å². The third kappa shape index (κ3) is 5.00. The van der Waals surface area contributed by atoms with Crippen molar-refractivity contribution >= 4 is 5.97 Å². The van der Waals surface area contributed by atoms with E-state index in [2.05, 4.69) is 16.1 Å². The number of hydrogen-bond donors (Lipinski definition) is 1. The molecule has 0 aromatic carbocycles. The molecule has 0 spiro atoms. The second-order valence-electron chi connectivity index (χ2n) is 5.09. The number of carbonyl (C=O) groups excluding carboxylic acids is 1. The van der Waals surface area contributed by atoms with E-state index in [9.17, 15) is 53.1 Å². The minimum atomic E-state index is -7.66. The van der Waals surface area contributed by atoms with Gasteiger partial charge in [-0.2, -0.15) is 43.9 Å². The maximum Gasteiger partial charge on any atom is 0.438 e. The van der Waals surface area contributed by atoms with E-state index in [0.717, 1.165) is 6.92 Å². The summed E-state index contributed by atoms with van der Waals surface area (Å²) < 4.78 is 147. The summed E-state index contributed by atoms with van der Waals surface area (Å²) in [6.45, 7) is 0.923. The molecule has 0 amide bonds. The summed E-state index contributed by atoms with van der Waals surface area (Å²) in [7, 11) is 0. The highest BCUT2D eigenvalue weighted by Gasteiger charge is 2.90. The number of esters is 1. The second kappa shape index (κ2) is 7.77. The van der Waals surface area contributed by atoms with Gasteiger partial charge in [-0.15, -0.1) is 0 Å². The summed E-state index contributed by atoms with van der Waals surface area (Å²) >= 11 is 0. The van der Waals surface area contributed by atoms with E-state index in [1.165, 1.54) is 0 Å². The molecule has 0 saturated heterocycles. The molecule has 160 valence electrons. The number of hydrogen-bond acceptors (Lipinski definition) is 4. The molecule has 0 saturated carbocycles. The van der Waals surface area contributed by atoms with Crippen molar-refractivity contribution in [2.45, 2.75) is 43.1 Å². The van der Waals surface area contributed by atoms with Crippen LogP contribution in [-0.4, -0.2) is 60.4 Å². The predicted octanol–water partition coefficient (Wildman–Crippen LogP) is 3.54. The first kappa shape index (κ1) is 25.4. The summed E-state index contributed by atoms with van der Waals surface area (Å²) in [4.78, 5) is 10.9. The Hall–Kier alpha value is -1.64. The van der Waals surface area contributed by atoms with E-state index in [4.69, 9.17) is 5.11 Å². The minimum Gasteiger partial charge on any atom is -0.460 e. The first-order valence-corrected chi connectivity index (χ1v) is 6.45. The van der Waals surface area contributed by atoms with Gasteiger partial charge in [-0.1, -0.05) is 6.58 Å². The average molecular weight is 428 g/mol. The Morgan fingerprint density at radius 1 is 0.926 bits per heavy atom. The van der Waals surface area contributed by atoms with Crippen LogP contribution in [0.15, 0.2) is 12.2 Å². The fourth-order valence-corrected chi connectivity index (χ4v) is 1.35. The smallest absolute Gasteiger partial charge is 0.438 e. The van der Waals surface area contributed by atoms with Crippen molar-refractivity contribution < 1.29 is 67.7 Å². The molecule has 0 aromatic rings. The zero-order valence-electron chi connectivity index (χ0n) is 13.0. The van der Waals surface area contributed by atoms with Crippen LogP contribution in [-0.2, 0) is 14.3 Å². The highest BCUT2D eigenvalue weighted by atomic mass is 19.4. The van der Waals surface area contributed by atoms with Gasteiger partial charge in [0.1, 0.15) is 12.7 Å². The molecule has 0 aliphatic heterocycles. The second-order valence-corrected chi connectivity index (χ2v) is 5.09. The zero-order valence-corrected chi connectivity index (χ0v) is 13.0. The van der Waals surface area contributed by atoms with Gasteiger partial charge in [0, 0.05) is 5.57 Å². The Balaban J connectivity index is 5.42. The molecule has 27 heavy (non-hydrogen) atoms. The molecule has 0 radical (unpaired) electrons. The molecule has 0 aromatic heterocycles. The topological polar surface area (TPSA) is 55.8 Å². The van der Waals surface area contributed by atoms with Gasteiger partial charge in [-0.25, -0.2) is 9.18 Å². The van der Waals surface area contributed by atoms with Crippen LogP contribution < -0.4 is 0 Å². The molecule has 4 nitrogen and oxygen atoms in total. The highest BCUT2D eigenvalue weighted by molar-refractivity contribution is 5.86. The van der Waals surface area contributed by atoms with Gasteiger partial charge >= 0.3 is 36.0 Å². The van der Waals surface area contributed by atoms with Crippen LogP contribution in [0.4, 0.5) is 48.3 Å². The monoisotopic (exact) mass is 428 g/mol. The van der Waals surface area contributed by atoms with Crippen molar-refractivity contribution in [3.8, 4) is 0 Å². The molecule has 0 bridgehead atoms. The molecule has 1 N–H and O–H groups in total. The van der Waals surface area contributed by atoms with Crippen molar-refractivity contribution in [3.05, 3.63) is 12.2 Å². The van der Waals surface area contributed by atoms with E-state index in [1.807, 2.05) is 0 Å². The average Bonchev–Trinajstić information content (AvgIpc) is 2.46. The molecule has 1 atom stereocenters. The van der Waals surface area contributed by atoms with Gasteiger partial charge in [0.05, 0.1) is 6.61 Å². The Kier molecular flexibility index (Phi) is 7.30. The van der Waals surface area contributed by atoms with Crippen molar-refractivity contribution in [2.75, 3.05) is 13.2 Å².